The van der Waals surface area contributed by atoms with Crippen molar-refractivity contribution in [3.8, 4) is 16.9 Å². The summed E-state index contributed by atoms with van der Waals surface area (Å²) in [7, 11) is 1.74. The standard InChI is InChI=1S/C34H43N3O3/c1-24-17-29(15-16-33(24)39-2)26-13-11-25(12-14-26)20-36(34(38)27-7-4-3-5-8-27)31-10-6-9-28(18-31)30-19-35-37(21-30)32-22-40-23-32/h6,9-10,15-19,21,25-27,32H,3-5,7-8,11-14,20,22-23H2,1-2H3. The highest BCUT2D eigenvalue weighted by atomic mass is 16.5. The largest absolute Gasteiger partial charge is 0.496 e. The Bertz CT molecular complexity index is 1300. The second-order valence-corrected chi connectivity index (χ2v) is 12.2. The van der Waals surface area contributed by atoms with Gasteiger partial charge in [0.2, 0.25) is 5.91 Å². The Morgan fingerprint density at radius 3 is 2.50 bits per heavy atom. The molecule has 2 aliphatic carbocycles. The third-order valence-electron chi connectivity index (χ3n) is 9.49. The molecule has 6 heteroatoms. The van der Waals surface area contributed by atoms with E-state index in [1.54, 1.807) is 7.11 Å². The number of amides is 1. The van der Waals surface area contributed by atoms with Crippen molar-refractivity contribution in [3.63, 3.8) is 0 Å². The maximum absolute atomic E-state index is 14.0. The molecule has 3 aromatic rings. The average Bonchev–Trinajstić information content (AvgIpc) is 3.45. The van der Waals surface area contributed by atoms with Gasteiger partial charge in [0, 0.05) is 29.9 Å². The van der Waals surface area contributed by atoms with Crippen molar-refractivity contribution < 1.29 is 14.3 Å². The van der Waals surface area contributed by atoms with Crippen molar-refractivity contribution in [1.82, 2.24) is 9.78 Å². The maximum Gasteiger partial charge on any atom is 0.230 e. The molecular formula is C34H43N3O3. The highest BCUT2D eigenvalue weighted by molar-refractivity contribution is 5.95. The summed E-state index contributed by atoms with van der Waals surface area (Å²) in [6, 6.07) is 15.5. The van der Waals surface area contributed by atoms with Gasteiger partial charge in [-0.2, -0.15) is 5.10 Å². The molecule has 0 radical (unpaired) electrons. The fourth-order valence-corrected chi connectivity index (χ4v) is 6.90. The topological polar surface area (TPSA) is 56.6 Å². The van der Waals surface area contributed by atoms with Crippen molar-refractivity contribution in [2.45, 2.75) is 76.7 Å². The van der Waals surface area contributed by atoms with Crippen LogP contribution in [-0.4, -0.2) is 42.6 Å². The van der Waals surface area contributed by atoms with Crippen LogP contribution in [0.1, 0.15) is 80.9 Å². The Kier molecular flexibility index (Phi) is 8.24. The van der Waals surface area contributed by atoms with E-state index in [4.69, 9.17) is 9.47 Å². The minimum Gasteiger partial charge on any atom is -0.496 e. The van der Waals surface area contributed by atoms with Gasteiger partial charge in [-0.05, 0) is 92.2 Å². The Labute approximate surface area is 238 Å². The van der Waals surface area contributed by atoms with E-state index in [-0.39, 0.29) is 5.92 Å². The number of hydrogen-bond acceptors (Lipinski definition) is 4. The molecule has 0 N–H and O–H groups in total. The van der Waals surface area contributed by atoms with Gasteiger partial charge >= 0.3 is 0 Å². The number of anilines is 1. The highest BCUT2D eigenvalue weighted by Gasteiger charge is 2.31. The lowest BCUT2D eigenvalue weighted by Gasteiger charge is -2.35. The quantitative estimate of drug-likeness (QED) is 0.300. The zero-order valence-electron chi connectivity index (χ0n) is 24.1. The van der Waals surface area contributed by atoms with E-state index in [1.165, 1.54) is 43.2 Å². The molecular weight excluding hydrogens is 498 g/mol. The van der Waals surface area contributed by atoms with Crippen LogP contribution < -0.4 is 9.64 Å². The third kappa shape index (κ3) is 5.83. The monoisotopic (exact) mass is 541 g/mol. The van der Waals surface area contributed by atoms with Crippen LogP contribution in [0, 0.1) is 18.8 Å². The predicted octanol–water partition coefficient (Wildman–Crippen LogP) is 7.33. The van der Waals surface area contributed by atoms with Crippen LogP contribution in [-0.2, 0) is 9.53 Å². The van der Waals surface area contributed by atoms with Crippen LogP contribution in [0.5, 0.6) is 5.75 Å². The summed E-state index contributed by atoms with van der Waals surface area (Å²) < 4.78 is 12.8. The SMILES string of the molecule is COc1ccc(C2CCC(CN(C(=O)C3CCCCC3)c3cccc(-c4cnn(C5COC5)c4)c3)CC2)cc1C. The van der Waals surface area contributed by atoms with E-state index in [0.29, 0.717) is 23.8 Å². The Balaban J connectivity index is 1.18. The molecule has 6 nitrogen and oxygen atoms in total. The van der Waals surface area contributed by atoms with Crippen molar-refractivity contribution in [2.24, 2.45) is 11.8 Å². The molecule has 0 spiro atoms. The van der Waals surface area contributed by atoms with Gasteiger partial charge in [-0.25, -0.2) is 0 Å². The number of ether oxygens (including phenoxy) is 2. The van der Waals surface area contributed by atoms with Crippen LogP contribution >= 0.6 is 0 Å². The molecule has 1 saturated heterocycles. The Hall–Kier alpha value is -3.12. The van der Waals surface area contributed by atoms with E-state index >= 15 is 0 Å². The van der Waals surface area contributed by atoms with Gasteiger partial charge in [0.1, 0.15) is 5.75 Å². The molecule has 0 atom stereocenters. The van der Waals surface area contributed by atoms with Crippen LogP contribution in [0.4, 0.5) is 5.69 Å². The van der Waals surface area contributed by atoms with Crippen molar-refractivity contribution in [2.75, 3.05) is 31.8 Å². The fraction of sp³-hybridized carbons (Fsp3) is 0.529. The minimum absolute atomic E-state index is 0.150. The van der Waals surface area contributed by atoms with Gasteiger partial charge in [-0.3, -0.25) is 9.48 Å². The summed E-state index contributed by atoms with van der Waals surface area (Å²) >= 11 is 0. The van der Waals surface area contributed by atoms with Crippen molar-refractivity contribution in [3.05, 3.63) is 66.0 Å². The summed E-state index contributed by atoms with van der Waals surface area (Å²) in [4.78, 5) is 16.2. The summed E-state index contributed by atoms with van der Waals surface area (Å²) in [5.41, 5.74) is 5.87. The highest BCUT2D eigenvalue weighted by Crippen LogP contribution is 2.39. The molecule has 2 aromatic carbocycles. The maximum atomic E-state index is 14.0. The van der Waals surface area contributed by atoms with Crippen LogP contribution in [0.15, 0.2) is 54.9 Å². The molecule has 3 aliphatic rings. The van der Waals surface area contributed by atoms with Crippen molar-refractivity contribution >= 4 is 11.6 Å². The molecule has 2 heterocycles. The average molecular weight is 542 g/mol. The van der Waals surface area contributed by atoms with Gasteiger partial charge in [0.25, 0.3) is 0 Å². The lowest BCUT2D eigenvalue weighted by Crippen LogP contribution is -2.41. The fourth-order valence-electron chi connectivity index (χ4n) is 6.90. The third-order valence-corrected chi connectivity index (χ3v) is 9.49. The molecule has 0 unspecified atom stereocenters. The summed E-state index contributed by atoms with van der Waals surface area (Å²) in [6.07, 6.45) is 14.3. The number of hydrogen-bond donors (Lipinski definition) is 0. The zero-order valence-corrected chi connectivity index (χ0v) is 24.1. The Morgan fingerprint density at radius 2 is 1.80 bits per heavy atom. The number of rotatable bonds is 8. The van der Waals surface area contributed by atoms with Crippen LogP contribution in [0.3, 0.4) is 0 Å². The molecule has 40 heavy (non-hydrogen) atoms. The van der Waals surface area contributed by atoms with E-state index in [1.807, 2.05) is 10.9 Å². The number of aryl methyl sites for hydroxylation is 1. The summed E-state index contributed by atoms with van der Waals surface area (Å²) in [5.74, 6) is 2.54. The minimum atomic E-state index is 0.150. The summed E-state index contributed by atoms with van der Waals surface area (Å²) in [6.45, 7) is 4.39. The number of aromatic nitrogens is 2. The first-order chi connectivity index (χ1) is 19.6. The molecule has 0 bridgehead atoms. The van der Waals surface area contributed by atoms with Gasteiger partial charge in [0.15, 0.2) is 0 Å². The first-order valence-electron chi connectivity index (χ1n) is 15.3. The first-order valence-corrected chi connectivity index (χ1v) is 15.3. The Morgan fingerprint density at radius 1 is 1.00 bits per heavy atom. The number of nitrogens with zero attached hydrogens (tertiary/aromatic N) is 3. The molecule has 2 saturated carbocycles. The normalized spacial score (nSPS) is 22.1. The molecule has 3 fully saturated rings. The molecule has 1 aliphatic heterocycles. The second kappa shape index (κ2) is 12.2. The van der Waals surface area contributed by atoms with Gasteiger partial charge in [-0.1, -0.05) is 43.5 Å². The summed E-state index contributed by atoms with van der Waals surface area (Å²) in [5, 5.41) is 4.59. The first kappa shape index (κ1) is 27.1. The van der Waals surface area contributed by atoms with Crippen molar-refractivity contribution in [1.29, 1.82) is 0 Å². The number of carbonyl (C=O) groups is 1. The van der Waals surface area contributed by atoms with E-state index in [2.05, 4.69) is 65.6 Å². The number of methoxy groups -OCH3 is 1. The van der Waals surface area contributed by atoms with E-state index in [0.717, 1.165) is 68.0 Å². The molecule has 1 aromatic heterocycles. The lowest BCUT2D eigenvalue weighted by atomic mass is 9.78. The van der Waals surface area contributed by atoms with Gasteiger partial charge in [-0.15, -0.1) is 0 Å². The second-order valence-electron chi connectivity index (χ2n) is 12.2. The van der Waals surface area contributed by atoms with Gasteiger partial charge < -0.3 is 14.4 Å². The van der Waals surface area contributed by atoms with Crippen LogP contribution in [0.2, 0.25) is 0 Å². The molecule has 6 rings (SSSR count). The zero-order chi connectivity index (χ0) is 27.5. The lowest BCUT2D eigenvalue weighted by molar-refractivity contribution is -0.123. The number of carbonyl (C=O) groups excluding carboxylic acids is 1. The molecule has 212 valence electrons. The molecule has 1 amide bonds. The van der Waals surface area contributed by atoms with E-state index in [9.17, 15) is 4.79 Å². The van der Waals surface area contributed by atoms with E-state index < -0.39 is 0 Å². The number of benzene rings is 2. The van der Waals surface area contributed by atoms with Crippen LogP contribution in [0.25, 0.3) is 11.1 Å². The van der Waals surface area contributed by atoms with Gasteiger partial charge in [0.05, 0.1) is 32.6 Å². The predicted molar refractivity (Wildman–Crippen MR) is 159 cm³/mol. The smallest absolute Gasteiger partial charge is 0.230 e.